The van der Waals surface area contributed by atoms with Crippen LogP contribution in [0.1, 0.15) is 71.6 Å². The molecule has 0 bridgehead atoms. The van der Waals surface area contributed by atoms with Crippen molar-refractivity contribution in [2.24, 2.45) is 0 Å². The van der Waals surface area contributed by atoms with E-state index in [0.29, 0.717) is 0 Å². The minimum absolute atomic E-state index is 0.315. The predicted octanol–water partition coefficient (Wildman–Crippen LogP) is 4.04. The maximum atomic E-state index is 10.1. The maximum Gasteiger partial charge on any atom is 0.327 e. The van der Waals surface area contributed by atoms with Crippen LogP contribution in [0, 0.1) is 0 Å². The topological polar surface area (TPSA) is 60.8 Å². The molecule has 0 radical (unpaired) electrons. The smallest absolute Gasteiger partial charge is 0.327 e. The van der Waals surface area contributed by atoms with Crippen molar-refractivity contribution in [1.29, 1.82) is 0 Å². The minimum Gasteiger partial charge on any atom is -0.478 e. The zero-order valence-electron chi connectivity index (χ0n) is 14.3. The lowest BCUT2D eigenvalue weighted by Gasteiger charge is -2.11. The molecular weight excluding hydrogens is 266 g/mol. The number of unbranched alkanes of at least 4 members (excludes halogenated alkanes) is 8. The highest BCUT2D eigenvalue weighted by atomic mass is 16.4. The quantitative estimate of drug-likeness (QED) is 0.343. The molecule has 0 aliphatic carbocycles. The first-order chi connectivity index (χ1) is 9.91. The Hall–Kier alpha value is -0.870. The molecule has 0 spiro atoms. The normalized spacial score (nSPS) is 12.3. The third-order valence-electron chi connectivity index (χ3n) is 3.23. The van der Waals surface area contributed by atoms with Gasteiger partial charge in [-0.15, -0.1) is 0 Å². The molecule has 2 N–H and O–H groups in total. The second kappa shape index (κ2) is 17.2. The van der Waals surface area contributed by atoms with Crippen LogP contribution in [0.2, 0.25) is 0 Å². The van der Waals surface area contributed by atoms with Gasteiger partial charge in [0.15, 0.2) is 0 Å². The van der Waals surface area contributed by atoms with Gasteiger partial charge in [0.2, 0.25) is 0 Å². The number of carboxylic acid groups (broad SMARTS) is 1. The van der Waals surface area contributed by atoms with E-state index < -0.39 is 5.97 Å². The van der Waals surface area contributed by atoms with Crippen LogP contribution < -0.4 is 0 Å². The number of aliphatic hydroxyl groups is 1. The number of allylic oxidation sites excluding steroid dienone is 1. The van der Waals surface area contributed by atoms with Crippen molar-refractivity contribution in [2.75, 3.05) is 14.1 Å². The molecule has 21 heavy (non-hydrogen) atoms. The molecule has 0 fully saturated rings. The Morgan fingerprint density at radius 2 is 1.48 bits per heavy atom. The fourth-order valence-corrected chi connectivity index (χ4v) is 1.58. The molecule has 0 rings (SSSR count). The van der Waals surface area contributed by atoms with E-state index in [9.17, 15) is 4.79 Å². The largest absolute Gasteiger partial charge is 0.478 e. The second-order valence-electron chi connectivity index (χ2n) is 5.60. The first-order valence-corrected chi connectivity index (χ1v) is 8.15. The van der Waals surface area contributed by atoms with Crippen molar-refractivity contribution in [1.82, 2.24) is 4.90 Å². The first-order valence-electron chi connectivity index (χ1n) is 8.15. The summed E-state index contributed by atoms with van der Waals surface area (Å²) >= 11 is 0. The molecule has 0 aromatic rings. The summed E-state index contributed by atoms with van der Waals surface area (Å²) in [5.74, 6) is -0.838. The van der Waals surface area contributed by atoms with E-state index in [1.807, 2.05) is 14.1 Å². The van der Waals surface area contributed by atoms with Gasteiger partial charge in [0.25, 0.3) is 0 Å². The van der Waals surface area contributed by atoms with Crippen LogP contribution in [-0.4, -0.2) is 41.4 Å². The van der Waals surface area contributed by atoms with Gasteiger partial charge in [0.1, 0.15) is 6.23 Å². The Kier molecular flexibility index (Phi) is 18.3. The van der Waals surface area contributed by atoms with Gasteiger partial charge in [-0.25, -0.2) is 4.79 Å². The van der Waals surface area contributed by atoms with Crippen LogP contribution >= 0.6 is 0 Å². The molecule has 1 unspecified atom stereocenters. The number of carbonyl (C=O) groups is 1. The lowest BCUT2D eigenvalue weighted by atomic mass is 10.1. The van der Waals surface area contributed by atoms with Gasteiger partial charge >= 0.3 is 5.97 Å². The van der Waals surface area contributed by atoms with Gasteiger partial charge in [0, 0.05) is 6.08 Å². The first kappa shape index (κ1) is 22.4. The molecule has 0 saturated carbocycles. The second-order valence-corrected chi connectivity index (χ2v) is 5.60. The van der Waals surface area contributed by atoms with Crippen LogP contribution in [0.4, 0.5) is 0 Å². The van der Waals surface area contributed by atoms with Crippen LogP contribution in [0.15, 0.2) is 12.2 Å². The van der Waals surface area contributed by atoms with Crippen LogP contribution in [0.25, 0.3) is 0 Å². The SMILES string of the molecule is CC(O)N(C)C.CCCCCCCCCCC=CC(=O)O. The Morgan fingerprint density at radius 3 is 1.86 bits per heavy atom. The summed E-state index contributed by atoms with van der Waals surface area (Å²) in [5, 5.41) is 16.9. The van der Waals surface area contributed by atoms with Crippen molar-refractivity contribution in [2.45, 2.75) is 77.9 Å². The fraction of sp³-hybridized carbons (Fsp3) is 0.824. The fourth-order valence-electron chi connectivity index (χ4n) is 1.58. The zero-order chi connectivity index (χ0) is 16.5. The number of nitrogens with zero attached hydrogens (tertiary/aromatic N) is 1. The number of hydrogen-bond acceptors (Lipinski definition) is 3. The van der Waals surface area contributed by atoms with Gasteiger partial charge in [-0.05, 0) is 33.9 Å². The minimum atomic E-state index is -0.838. The molecule has 4 heteroatoms. The average Bonchev–Trinajstić information content (AvgIpc) is 2.41. The average molecular weight is 301 g/mol. The number of aliphatic hydroxyl groups excluding tert-OH is 1. The van der Waals surface area contributed by atoms with E-state index in [0.717, 1.165) is 12.8 Å². The molecule has 0 aromatic heterocycles. The Balaban J connectivity index is 0. The summed E-state index contributed by atoms with van der Waals surface area (Å²) in [6.07, 6.45) is 14.0. The number of carboxylic acids is 1. The van der Waals surface area contributed by atoms with Crippen molar-refractivity contribution >= 4 is 5.97 Å². The van der Waals surface area contributed by atoms with Crippen molar-refractivity contribution in [3.63, 3.8) is 0 Å². The third-order valence-corrected chi connectivity index (χ3v) is 3.23. The van der Waals surface area contributed by atoms with E-state index in [4.69, 9.17) is 10.2 Å². The molecule has 0 saturated heterocycles. The van der Waals surface area contributed by atoms with Gasteiger partial charge in [-0.2, -0.15) is 0 Å². The zero-order valence-corrected chi connectivity index (χ0v) is 14.3. The van der Waals surface area contributed by atoms with Crippen LogP contribution in [-0.2, 0) is 4.79 Å². The maximum absolute atomic E-state index is 10.1. The van der Waals surface area contributed by atoms with Crippen LogP contribution in [0.3, 0.4) is 0 Å². The summed E-state index contributed by atoms with van der Waals surface area (Å²) in [5.41, 5.74) is 0. The summed E-state index contributed by atoms with van der Waals surface area (Å²) in [4.78, 5) is 11.9. The van der Waals surface area contributed by atoms with E-state index in [2.05, 4.69) is 6.92 Å². The highest BCUT2D eigenvalue weighted by Crippen LogP contribution is 2.09. The van der Waals surface area contributed by atoms with Gasteiger partial charge in [-0.1, -0.05) is 57.9 Å². The van der Waals surface area contributed by atoms with E-state index in [1.54, 1.807) is 17.9 Å². The van der Waals surface area contributed by atoms with E-state index >= 15 is 0 Å². The highest BCUT2D eigenvalue weighted by molar-refractivity contribution is 5.79. The molecular formula is C17H35NO3. The highest BCUT2D eigenvalue weighted by Gasteiger charge is 1.92. The molecule has 0 heterocycles. The Bertz CT molecular complexity index is 244. The Labute approximate surface area is 130 Å². The summed E-state index contributed by atoms with van der Waals surface area (Å²) < 4.78 is 0. The third kappa shape index (κ3) is 24.5. The van der Waals surface area contributed by atoms with E-state index in [1.165, 1.54) is 51.0 Å². The molecule has 0 aromatic carbocycles. The summed E-state index contributed by atoms with van der Waals surface area (Å²) in [6, 6.07) is 0. The lowest BCUT2D eigenvalue weighted by molar-refractivity contribution is -0.131. The van der Waals surface area contributed by atoms with Gasteiger partial charge in [0.05, 0.1) is 0 Å². The molecule has 0 aliphatic rings. The molecule has 126 valence electrons. The standard InChI is InChI=1S/C13H24O2.C4H11NO/c1-2-3-4-5-6-7-8-9-10-11-12-13(14)15;1-4(6)5(2)3/h11-12H,2-10H2,1H3,(H,14,15);4,6H,1-3H3. The lowest BCUT2D eigenvalue weighted by Crippen LogP contribution is -2.23. The van der Waals surface area contributed by atoms with Crippen molar-refractivity contribution < 1.29 is 15.0 Å². The molecule has 0 amide bonds. The van der Waals surface area contributed by atoms with Gasteiger partial charge < -0.3 is 10.2 Å². The van der Waals surface area contributed by atoms with Gasteiger partial charge in [-0.3, -0.25) is 4.90 Å². The summed E-state index contributed by atoms with van der Waals surface area (Å²) in [6.45, 7) is 3.95. The van der Waals surface area contributed by atoms with Crippen LogP contribution in [0.5, 0.6) is 0 Å². The predicted molar refractivity (Wildman–Crippen MR) is 89.4 cm³/mol. The van der Waals surface area contributed by atoms with Crippen molar-refractivity contribution in [3.05, 3.63) is 12.2 Å². The number of hydrogen-bond donors (Lipinski definition) is 2. The molecule has 0 aliphatic heterocycles. The number of aliphatic carboxylic acids is 1. The molecule has 4 nitrogen and oxygen atoms in total. The molecule has 1 atom stereocenters. The Morgan fingerprint density at radius 1 is 1.05 bits per heavy atom. The van der Waals surface area contributed by atoms with Crippen molar-refractivity contribution in [3.8, 4) is 0 Å². The summed E-state index contributed by atoms with van der Waals surface area (Å²) in [7, 11) is 3.65. The monoisotopic (exact) mass is 301 g/mol. The van der Waals surface area contributed by atoms with E-state index in [-0.39, 0.29) is 6.23 Å². The number of rotatable bonds is 11.